The molecule has 35 heavy (non-hydrogen) atoms. The second kappa shape index (κ2) is 10.9. The van der Waals surface area contributed by atoms with Crippen molar-refractivity contribution >= 4 is 11.3 Å². The molecule has 0 saturated carbocycles. The van der Waals surface area contributed by atoms with Crippen molar-refractivity contribution in [3.8, 4) is 44.0 Å². The zero-order chi connectivity index (χ0) is 24.8. The van der Waals surface area contributed by atoms with Gasteiger partial charge in [-0.25, -0.2) is 18.6 Å². The Hall–Kier alpha value is -3.36. The van der Waals surface area contributed by atoms with E-state index < -0.39 is 10.2 Å². The summed E-state index contributed by atoms with van der Waals surface area (Å²) < 4.78 is 36.2. The molecule has 0 N–H and O–H groups in total. The summed E-state index contributed by atoms with van der Waals surface area (Å²) in [6, 6.07) is 36.8. The molecule has 0 radical (unpaired) electrons. The minimum absolute atomic E-state index is 1.23. The first kappa shape index (κ1) is 24.8. The van der Waals surface area contributed by atoms with E-state index >= 15 is 0 Å². The third-order valence-electron chi connectivity index (χ3n) is 5.41. The molecule has 0 fully saturated rings. The van der Waals surface area contributed by atoms with Crippen LogP contribution in [0.3, 0.4) is 0 Å². The average molecular weight is 504 g/mol. The lowest BCUT2D eigenvalue weighted by Crippen LogP contribution is -2.68. The lowest BCUT2D eigenvalue weighted by Gasteiger charge is -2.17. The summed E-state index contributed by atoms with van der Waals surface area (Å²) in [5.74, 6) is 0. The Bertz CT molecular complexity index is 1320. The first-order chi connectivity index (χ1) is 16.8. The molecule has 7 heteroatoms. The number of hydrogen-bond acceptors (Lipinski definition) is 5. The number of nitrogens with zero attached hydrogens (tertiary/aromatic N) is 1. The quantitative estimate of drug-likeness (QED) is 0.352. The SMILES string of the molecule is C[n+]1ccsc1-c1c(-c2ccccc2)cc(-c2ccccc2)cc1-c1ccccc1.[O-][Cl+3]([O-])([O-])[O-]. The molecule has 5 nitrogen and oxygen atoms in total. The first-order valence-electron chi connectivity index (χ1n) is 10.7. The lowest BCUT2D eigenvalue weighted by atomic mass is 9.88. The predicted molar refractivity (Wildman–Crippen MR) is 127 cm³/mol. The van der Waals surface area contributed by atoms with Gasteiger partial charge >= 0.3 is 0 Å². The summed E-state index contributed by atoms with van der Waals surface area (Å²) in [5, 5.41) is 3.41. The topological polar surface area (TPSA) is 96.1 Å². The summed E-state index contributed by atoms with van der Waals surface area (Å²) in [7, 11) is -2.82. The molecule has 0 aliphatic heterocycles. The first-order valence-corrected chi connectivity index (χ1v) is 12.8. The van der Waals surface area contributed by atoms with Crippen LogP contribution in [0.2, 0.25) is 0 Å². The van der Waals surface area contributed by atoms with Crippen molar-refractivity contribution < 1.29 is 33.4 Å². The number of benzene rings is 4. The average Bonchev–Trinajstić information content (AvgIpc) is 3.29. The predicted octanol–water partition coefficient (Wildman–Crippen LogP) is 2.48. The van der Waals surface area contributed by atoms with Gasteiger partial charge in [-0.1, -0.05) is 102 Å². The Labute approximate surface area is 210 Å². The van der Waals surface area contributed by atoms with Gasteiger partial charge in [0.2, 0.25) is 0 Å². The van der Waals surface area contributed by atoms with E-state index in [2.05, 4.69) is 126 Å². The van der Waals surface area contributed by atoms with Crippen molar-refractivity contribution in [2.45, 2.75) is 0 Å². The van der Waals surface area contributed by atoms with E-state index in [0.29, 0.717) is 0 Å². The molecule has 0 amide bonds. The molecule has 0 aliphatic carbocycles. The highest BCUT2D eigenvalue weighted by Crippen LogP contribution is 2.43. The largest absolute Gasteiger partial charge is 0.270 e. The van der Waals surface area contributed by atoms with Crippen LogP contribution >= 0.6 is 11.3 Å². The Morgan fingerprint density at radius 1 is 0.600 bits per heavy atom. The molecular formula is C28H22ClNO4S. The molecule has 0 bridgehead atoms. The van der Waals surface area contributed by atoms with Gasteiger partial charge in [0.25, 0.3) is 5.01 Å². The molecule has 0 atom stereocenters. The van der Waals surface area contributed by atoms with E-state index in [1.165, 1.54) is 44.0 Å². The lowest BCUT2D eigenvalue weighted by molar-refractivity contribution is -2.00. The van der Waals surface area contributed by atoms with Crippen LogP contribution in [0.4, 0.5) is 0 Å². The van der Waals surface area contributed by atoms with Gasteiger partial charge in [-0.05, 0) is 45.5 Å². The van der Waals surface area contributed by atoms with Crippen LogP contribution < -0.4 is 23.2 Å². The van der Waals surface area contributed by atoms with Crippen LogP contribution in [0.5, 0.6) is 0 Å². The summed E-state index contributed by atoms with van der Waals surface area (Å²) in [5.41, 5.74) is 8.73. The molecule has 176 valence electrons. The molecule has 4 aromatic carbocycles. The molecule has 0 saturated heterocycles. The molecule has 5 aromatic rings. The zero-order valence-electron chi connectivity index (χ0n) is 18.8. The molecule has 0 unspecified atom stereocenters. The van der Waals surface area contributed by atoms with Gasteiger partial charge in [-0.15, -0.1) is 10.2 Å². The maximum absolute atomic E-state index is 8.49. The van der Waals surface area contributed by atoms with Crippen LogP contribution in [0, 0.1) is 10.2 Å². The van der Waals surface area contributed by atoms with Crippen molar-refractivity contribution in [2.75, 3.05) is 0 Å². The third-order valence-corrected chi connectivity index (χ3v) is 6.39. The summed E-state index contributed by atoms with van der Waals surface area (Å²) in [6.07, 6.45) is 2.13. The van der Waals surface area contributed by atoms with Crippen molar-refractivity contribution in [2.24, 2.45) is 7.05 Å². The van der Waals surface area contributed by atoms with Gasteiger partial charge in [0.1, 0.15) is 7.05 Å². The number of aromatic nitrogens is 1. The number of halogens is 1. The van der Waals surface area contributed by atoms with E-state index in [-0.39, 0.29) is 0 Å². The Balaban J connectivity index is 0.000000527. The summed E-state index contributed by atoms with van der Waals surface area (Å²) in [4.78, 5) is 0. The van der Waals surface area contributed by atoms with Crippen LogP contribution in [0.1, 0.15) is 0 Å². The summed E-state index contributed by atoms with van der Waals surface area (Å²) >= 11 is 1.78. The normalized spacial score (nSPS) is 11.0. The molecular weight excluding hydrogens is 482 g/mol. The summed E-state index contributed by atoms with van der Waals surface area (Å²) in [6.45, 7) is 0. The van der Waals surface area contributed by atoms with E-state index in [1.54, 1.807) is 11.3 Å². The van der Waals surface area contributed by atoms with Gasteiger partial charge in [0.05, 0.1) is 10.9 Å². The third kappa shape index (κ3) is 6.41. The number of aryl methyl sites for hydroxylation is 1. The van der Waals surface area contributed by atoms with Gasteiger partial charge in [0, 0.05) is 0 Å². The Morgan fingerprint density at radius 3 is 1.37 bits per heavy atom. The Morgan fingerprint density at radius 2 is 1.00 bits per heavy atom. The monoisotopic (exact) mass is 503 g/mol. The van der Waals surface area contributed by atoms with Crippen LogP contribution in [0.25, 0.3) is 44.0 Å². The van der Waals surface area contributed by atoms with E-state index in [4.69, 9.17) is 18.6 Å². The van der Waals surface area contributed by atoms with Gasteiger partial charge < -0.3 is 0 Å². The van der Waals surface area contributed by atoms with Crippen LogP contribution in [-0.2, 0) is 7.05 Å². The van der Waals surface area contributed by atoms with Crippen molar-refractivity contribution in [3.05, 3.63) is 115 Å². The van der Waals surface area contributed by atoms with E-state index in [9.17, 15) is 0 Å². The van der Waals surface area contributed by atoms with Crippen molar-refractivity contribution in [1.29, 1.82) is 0 Å². The molecule has 1 aromatic heterocycles. The van der Waals surface area contributed by atoms with Crippen molar-refractivity contribution in [1.82, 2.24) is 0 Å². The highest BCUT2D eigenvalue weighted by atomic mass is 35.7. The van der Waals surface area contributed by atoms with Crippen LogP contribution in [-0.4, -0.2) is 0 Å². The maximum Gasteiger partial charge on any atom is 0.270 e. The van der Waals surface area contributed by atoms with E-state index in [0.717, 1.165) is 0 Å². The second-order valence-electron chi connectivity index (χ2n) is 7.74. The molecule has 1 heterocycles. The fraction of sp³-hybridized carbons (Fsp3) is 0.0357. The smallest absolute Gasteiger partial charge is 0.222 e. The minimum Gasteiger partial charge on any atom is -0.222 e. The second-order valence-corrected chi connectivity index (χ2v) is 9.39. The molecule has 0 spiro atoms. The zero-order valence-corrected chi connectivity index (χ0v) is 20.4. The number of rotatable bonds is 4. The molecule has 0 aliphatic rings. The number of thiazole rings is 1. The standard InChI is InChI=1S/C28H22NS.ClHO4/c1-29-17-18-30-28(29)27-25(22-13-7-3-8-14-22)19-24(21-11-5-2-6-12-21)20-26(27)23-15-9-4-10-16-23;2-1(3,4)5/h2-20H,1H3;(H,2,3,4,5)/q+1;/p-1. The highest BCUT2D eigenvalue weighted by Gasteiger charge is 2.23. The minimum atomic E-state index is -4.94. The van der Waals surface area contributed by atoms with Crippen molar-refractivity contribution in [3.63, 3.8) is 0 Å². The van der Waals surface area contributed by atoms with Gasteiger partial charge in [-0.2, -0.15) is 4.57 Å². The maximum atomic E-state index is 8.49. The van der Waals surface area contributed by atoms with Gasteiger partial charge in [0.15, 0.2) is 6.20 Å². The van der Waals surface area contributed by atoms with E-state index in [1.807, 2.05) is 0 Å². The molecule has 5 rings (SSSR count). The fourth-order valence-corrected chi connectivity index (χ4v) is 4.87. The van der Waals surface area contributed by atoms with Crippen LogP contribution in [0.15, 0.2) is 115 Å². The van der Waals surface area contributed by atoms with Gasteiger partial charge in [-0.3, -0.25) is 0 Å². The highest BCUT2D eigenvalue weighted by molar-refractivity contribution is 7.12. The fourth-order valence-electron chi connectivity index (χ4n) is 3.93. The number of hydrogen-bond donors (Lipinski definition) is 0. The Kier molecular flexibility index (Phi) is 7.73.